The molecule has 24 heavy (non-hydrogen) atoms. The van der Waals surface area contributed by atoms with Gasteiger partial charge in [0, 0.05) is 31.0 Å². The third-order valence-corrected chi connectivity index (χ3v) is 4.81. The molecule has 0 unspecified atom stereocenters. The van der Waals surface area contributed by atoms with E-state index in [9.17, 15) is 9.18 Å². The number of carbonyl (C=O) groups is 1. The van der Waals surface area contributed by atoms with Gasteiger partial charge in [0.15, 0.2) is 0 Å². The third-order valence-electron chi connectivity index (χ3n) is 4.56. The fourth-order valence-electron chi connectivity index (χ4n) is 3.07. The van der Waals surface area contributed by atoms with E-state index in [4.69, 9.17) is 11.6 Å². The number of likely N-dealkylation sites (tertiary alicyclic amines) is 1. The Kier molecular flexibility index (Phi) is 4.59. The number of carbonyl (C=O) groups excluding carboxylic acids is 1. The van der Waals surface area contributed by atoms with Gasteiger partial charge < -0.3 is 4.90 Å². The van der Waals surface area contributed by atoms with Crippen LogP contribution in [-0.2, 0) is 5.67 Å². The number of piperidine rings is 1. The first-order chi connectivity index (χ1) is 11.4. The fraction of sp³-hybridized carbons (Fsp3) is 0.316. The average molecular weight is 350 g/mol. The van der Waals surface area contributed by atoms with Crippen LogP contribution in [0.5, 0.6) is 0 Å². The molecular weight excluding hydrogens is 332 g/mol. The standard InChI is InChI=1S/C19H18ClF2NO/c1-13-2-7-16(17(21)12-13)18(24)23-10-8-19(22,9-11-23)14-3-5-15(20)6-4-14/h2-7,12H,8-11H2,1H3. The normalized spacial score (nSPS) is 16.9. The van der Waals surface area contributed by atoms with Gasteiger partial charge >= 0.3 is 0 Å². The van der Waals surface area contributed by atoms with Crippen molar-refractivity contribution >= 4 is 17.5 Å². The molecular formula is C19H18ClF2NO. The first-order valence-electron chi connectivity index (χ1n) is 7.89. The lowest BCUT2D eigenvalue weighted by Crippen LogP contribution is -2.43. The van der Waals surface area contributed by atoms with Gasteiger partial charge in [-0.05, 0) is 42.3 Å². The minimum Gasteiger partial charge on any atom is -0.338 e. The number of hydrogen-bond acceptors (Lipinski definition) is 1. The zero-order chi connectivity index (χ0) is 17.3. The maximum atomic E-state index is 15.2. The zero-order valence-corrected chi connectivity index (χ0v) is 14.1. The number of hydrogen-bond donors (Lipinski definition) is 0. The van der Waals surface area contributed by atoms with E-state index in [1.165, 1.54) is 17.0 Å². The summed E-state index contributed by atoms with van der Waals surface area (Å²) in [5.41, 5.74) is -0.111. The summed E-state index contributed by atoms with van der Waals surface area (Å²) in [6, 6.07) is 11.2. The molecule has 1 heterocycles. The number of nitrogens with zero attached hydrogens (tertiary/aromatic N) is 1. The van der Waals surface area contributed by atoms with Crippen LogP contribution in [0.4, 0.5) is 8.78 Å². The number of benzene rings is 2. The summed E-state index contributed by atoms with van der Waals surface area (Å²) in [4.78, 5) is 14.0. The highest BCUT2D eigenvalue weighted by Crippen LogP contribution is 2.37. The topological polar surface area (TPSA) is 20.3 Å². The molecule has 1 saturated heterocycles. The summed E-state index contributed by atoms with van der Waals surface area (Å²) in [7, 11) is 0. The molecule has 2 aromatic rings. The van der Waals surface area contributed by atoms with E-state index in [2.05, 4.69) is 0 Å². The van der Waals surface area contributed by atoms with Crippen molar-refractivity contribution in [3.05, 3.63) is 70.0 Å². The first-order valence-corrected chi connectivity index (χ1v) is 8.27. The van der Waals surface area contributed by atoms with Crippen molar-refractivity contribution in [2.45, 2.75) is 25.4 Å². The van der Waals surface area contributed by atoms with Gasteiger partial charge in [-0.25, -0.2) is 8.78 Å². The molecule has 1 fully saturated rings. The SMILES string of the molecule is Cc1ccc(C(=O)N2CCC(F)(c3ccc(Cl)cc3)CC2)c(F)c1. The number of amides is 1. The molecule has 0 spiro atoms. The third kappa shape index (κ3) is 3.29. The Morgan fingerprint density at radius 3 is 2.33 bits per heavy atom. The lowest BCUT2D eigenvalue weighted by Gasteiger charge is -2.36. The molecule has 2 aromatic carbocycles. The maximum Gasteiger partial charge on any atom is 0.256 e. The Labute approximate surface area is 145 Å². The average Bonchev–Trinajstić information content (AvgIpc) is 2.55. The van der Waals surface area contributed by atoms with Crippen LogP contribution >= 0.6 is 11.6 Å². The van der Waals surface area contributed by atoms with E-state index in [1.807, 2.05) is 0 Å². The van der Waals surface area contributed by atoms with Crippen LogP contribution in [0.1, 0.15) is 34.3 Å². The number of rotatable bonds is 2. The molecule has 0 bridgehead atoms. The molecule has 2 nitrogen and oxygen atoms in total. The van der Waals surface area contributed by atoms with Crippen LogP contribution in [0.25, 0.3) is 0 Å². The van der Waals surface area contributed by atoms with E-state index < -0.39 is 11.5 Å². The minimum atomic E-state index is -1.48. The fourth-order valence-corrected chi connectivity index (χ4v) is 3.19. The predicted molar refractivity (Wildman–Crippen MR) is 90.5 cm³/mol. The second-order valence-electron chi connectivity index (χ2n) is 6.25. The van der Waals surface area contributed by atoms with E-state index >= 15 is 4.39 Å². The van der Waals surface area contributed by atoms with Gasteiger partial charge in [0.2, 0.25) is 0 Å². The Hall–Kier alpha value is -1.94. The second kappa shape index (κ2) is 6.52. The first kappa shape index (κ1) is 16.9. The van der Waals surface area contributed by atoms with E-state index in [0.717, 1.165) is 5.56 Å². The van der Waals surface area contributed by atoms with Gasteiger partial charge in [0.05, 0.1) is 5.56 Å². The van der Waals surface area contributed by atoms with Gasteiger partial charge in [-0.1, -0.05) is 29.8 Å². The molecule has 0 aliphatic carbocycles. The summed E-state index contributed by atoms with van der Waals surface area (Å²) in [5, 5.41) is 0.560. The van der Waals surface area contributed by atoms with Gasteiger partial charge in [-0.3, -0.25) is 4.79 Å². The molecule has 0 radical (unpaired) electrons. The largest absolute Gasteiger partial charge is 0.338 e. The van der Waals surface area contributed by atoms with Gasteiger partial charge in [0.1, 0.15) is 11.5 Å². The Balaban J connectivity index is 1.72. The van der Waals surface area contributed by atoms with E-state index in [0.29, 0.717) is 10.6 Å². The van der Waals surface area contributed by atoms with Crippen LogP contribution in [-0.4, -0.2) is 23.9 Å². The minimum absolute atomic E-state index is 0.0402. The predicted octanol–water partition coefficient (Wildman–Crippen LogP) is 4.89. The van der Waals surface area contributed by atoms with Crippen LogP contribution in [0.2, 0.25) is 5.02 Å². The second-order valence-corrected chi connectivity index (χ2v) is 6.68. The Bertz CT molecular complexity index is 752. The number of aryl methyl sites for hydroxylation is 1. The van der Waals surface area contributed by atoms with Crippen molar-refractivity contribution in [2.24, 2.45) is 0 Å². The molecule has 1 aliphatic rings. The summed E-state index contributed by atoms with van der Waals surface area (Å²) in [5.74, 6) is -0.916. The van der Waals surface area contributed by atoms with Crippen LogP contribution < -0.4 is 0 Å². The van der Waals surface area contributed by atoms with Gasteiger partial charge in [-0.15, -0.1) is 0 Å². The molecule has 0 saturated carbocycles. The van der Waals surface area contributed by atoms with Crippen molar-refractivity contribution in [3.63, 3.8) is 0 Å². The van der Waals surface area contributed by atoms with Crippen molar-refractivity contribution in [1.82, 2.24) is 4.90 Å². The summed E-state index contributed by atoms with van der Waals surface area (Å²) in [6.45, 7) is 2.28. The summed E-state index contributed by atoms with van der Waals surface area (Å²) in [6.07, 6.45) is 0.377. The molecule has 1 amide bonds. The maximum absolute atomic E-state index is 15.2. The van der Waals surface area contributed by atoms with Crippen molar-refractivity contribution in [2.75, 3.05) is 13.1 Å². The van der Waals surface area contributed by atoms with Crippen LogP contribution in [0.15, 0.2) is 42.5 Å². The van der Waals surface area contributed by atoms with E-state index in [1.54, 1.807) is 37.3 Å². The van der Waals surface area contributed by atoms with Crippen LogP contribution in [0, 0.1) is 12.7 Å². The lowest BCUT2D eigenvalue weighted by molar-refractivity contribution is 0.0418. The Morgan fingerprint density at radius 2 is 1.75 bits per heavy atom. The smallest absolute Gasteiger partial charge is 0.256 e. The molecule has 0 atom stereocenters. The molecule has 1 aliphatic heterocycles. The van der Waals surface area contributed by atoms with E-state index in [-0.39, 0.29) is 37.4 Å². The highest BCUT2D eigenvalue weighted by Gasteiger charge is 2.38. The van der Waals surface area contributed by atoms with Crippen molar-refractivity contribution in [3.8, 4) is 0 Å². The van der Waals surface area contributed by atoms with Crippen molar-refractivity contribution in [1.29, 1.82) is 0 Å². The monoisotopic (exact) mass is 349 g/mol. The molecule has 0 aromatic heterocycles. The molecule has 3 rings (SSSR count). The molecule has 126 valence electrons. The Morgan fingerprint density at radius 1 is 1.12 bits per heavy atom. The number of alkyl halides is 1. The highest BCUT2D eigenvalue weighted by molar-refractivity contribution is 6.30. The number of halogens is 3. The molecule has 5 heteroatoms. The quantitative estimate of drug-likeness (QED) is 0.756. The summed E-state index contributed by atoms with van der Waals surface area (Å²) >= 11 is 5.84. The van der Waals surface area contributed by atoms with Gasteiger partial charge in [-0.2, -0.15) is 0 Å². The molecule has 0 N–H and O–H groups in total. The van der Waals surface area contributed by atoms with Gasteiger partial charge in [0.25, 0.3) is 5.91 Å². The zero-order valence-electron chi connectivity index (χ0n) is 13.4. The lowest BCUT2D eigenvalue weighted by atomic mass is 9.86. The highest BCUT2D eigenvalue weighted by atomic mass is 35.5. The summed E-state index contributed by atoms with van der Waals surface area (Å²) < 4.78 is 29.1. The van der Waals surface area contributed by atoms with Crippen molar-refractivity contribution < 1.29 is 13.6 Å². The van der Waals surface area contributed by atoms with Crippen LogP contribution in [0.3, 0.4) is 0 Å².